The predicted octanol–water partition coefficient (Wildman–Crippen LogP) is 3.57. The van der Waals surface area contributed by atoms with Crippen LogP contribution >= 0.6 is 23.1 Å². The number of aromatic nitrogens is 2. The molecule has 0 saturated carbocycles. The van der Waals surface area contributed by atoms with Gasteiger partial charge in [-0.2, -0.15) is 4.37 Å². The minimum Gasteiger partial charge on any atom is -0.497 e. The predicted molar refractivity (Wildman–Crippen MR) is 115 cm³/mol. The molecule has 2 aromatic carbocycles. The lowest BCUT2D eigenvalue weighted by Crippen LogP contribution is -2.34. The molecule has 1 atom stereocenters. The second-order valence-electron chi connectivity index (χ2n) is 6.39. The van der Waals surface area contributed by atoms with Crippen molar-refractivity contribution in [2.24, 2.45) is 0 Å². The highest BCUT2D eigenvalue weighted by molar-refractivity contribution is 7.89. The number of nitrogens with zero attached hydrogens (tertiary/aromatic N) is 2. The SMILES string of the molecule is COc1ccc(S(=O)(=O)NCC(C)Nc2nc(Cc3ccc(Cl)cc3)ns2)cc1. The summed E-state index contributed by atoms with van der Waals surface area (Å²) in [6.45, 7) is 2.08. The van der Waals surface area contributed by atoms with Gasteiger partial charge in [0.25, 0.3) is 0 Å². The number of nitrogens with one attached hydrogen (secondary N) is 2. The van der Waals surface area contributed by atoms with Gasteiger partial charge in [-0.15, -0.1) is 0 Å². The van der Waals surface area contributed by atoms with E-state index in [9.17, 15) is 8.42 Å². The molecular weight excluding hydrogens is 432 g/mol. The number of anilines is 1. The third kappa shape index (κ3) is 6.14. The maximum Gasteiger partial charge on any atom is 0.240 e. The summed E-state index contributed by atoms with van der Waals surface area (Å²) in [5.41, 5.74) is 1.07. The Kier molecular flexibility index (Phi) is 7.07. The monoisotopic (exact) mass is 452 g/mol. The van der Waals surface area contributed by atoms with Gasteiger partial charge in [-0.05, 0) is 48.9 Å². The molecule has 0 saturated heterocycles. The van der Waals surface area contributed by atoms with E-state index in [0.29, 0.717) is 28.1 Å². The second kappa shape index (κ2) is 9.53. The number of benzene rings is 2. The molecule has 3 aromatic rings. The highest BCUT2D eigenvalue weighted by Gasteiger charge is 2.16. The van der Waals surface area contributed by atoms with Gasteiger partial charge in [0.2, 0.25) is 15.2 Å². The number of sulfonamides is 1. The Hall–Kier alpha value is -2.20. The first kappa shape index (κ1) is 21.5. The molecule has 29 heavy (non-hydrogen) atoms. The van der Waals surface area contributed by atoms with Gasteiger partial charge >= 0.3 is 0 Å². The van der Waals surface area contributed by atoms with Crippen molar-refractivity contribution in [3.63, 3.8) is 0 Å². The van der Waals surface area contributed by atoms with Gasteiger partial charge in [0.05, 0.1) is 12.0 Å². The Balaban J connectivity index is 1.53. The summed E-state index contributed by atoms with van der Waals surface area (Å²) >= 11 is 7.14. The molecule has 1 aromatic heterocycles. The minimum atomic E-state index is -3.60. The van der Waals surface area contributed by atoms with Crippen LogP contribution in [0.4, 0.5) is 5.13 Å². The Morgan fingerprint density at radius 2 is 1.83 bits per heavy atom. The molecule has 0 aliphatic rings. The Morgan fingerprint density at radius 3 is 2.48 bits per heavy atom. The van der Waals surface area contributed by atoms with Crippen molar-refractivity contribution in [3.8, 4) is 5.75 Å². The Labute approximate surface area is 179 Å². The molecule has 1 heterocycles. The molecule has 0 aliphatic heterocycles. The smallest absolute Gasteiger partial charge is 0.240 e. The molecule has 10 heteroatoms. The number of halogens is 1. The quantitative estimate of drug-likeness (QED) is 0.515. The van der Waals surface area contributed by atoms with E-state index in [1.807, 2.05) is 31.2 Å². The standard InChI is InChI=1S/C19H21ClN4O3S2/c1-13(12-21-29(25,26)17-9-7-16(27-2)8-10-17)22-19-23-18(24-28-19)11-14-3-5-15(20)6-4-14/h3-10,13,21H,11-12H2,1-2H3,(H,22,23,24). The van der Waals surface area contributed by atoms with E-state index >= 15 is 0 Å². The second-order valence-corrected chi connectivity index (χ2v) is 9.35. The van der Waals surface area contributed by atoms with Crippen molar-refractivity contribution < 1.29 is 13.2 Å². The summed E-state index contributed by atoms with van der Waals surface area (Å²) < 4.78 is 36.8. The van der Waals surface area contributed by atoms with E-state index in [-0.39, 0.29) is 17.5 Å². The van der Waals surface area contributed by atoms with Gasteiger partial charge < -0.3 is 10.1 Å². The summed E-state index contributed by atoms with van der Waals surface area (Å²) in [6.07, 6.45) is 0.605. The van der Waals surface area contributed by atoms with Gasteiger partial charge in [-0.1, -0.05) is 23.7 Å². The normalized spacial score (nSPS) is 12.5. The van der Waals surface area contributed by atoms with Gasteiger partial charge in [0, 0.05) is 35.6 Å². The van der Waals surface area contributed by atoms with Crippen LogP contribution in [0.15, 0.2) is 53.4 Å². The lowest BCUT2D eigenvalue weighted by molar-refractivity contribution is 0.414. The van der Waals surface area contributed by atoms with Crippen LogP contribution < -0.4 is 14.8 Å². The van der Waals surface area contributed by atoms with Gasteiger partial charge in [0.15, 0.2) is 0 Å². The average Bonchev–Trinajstić information content (AvgIpc) is 3.15. The van der Waals surface area contributed by atoms with Crippen LogP contribution in [0.5, 0.6) is 5.75 Å². The molecule has 0 spiro atoms. The largest absolute Gasteiger partial charge is 0.497 e. The van der Waals surface area contributed by atoms with Crippen LogP contribution in [0.3, 0.4) is 0 Å². The van der Waals surface area contributed by atoms with Crippen molar-refractivity contribution in [1.82, 2.24) is 14.1 Å². The van der Waals surface area contributed by atoms with Crippen LogP contribution in [-0.2, 0) is 16.4 Å². The van der Waals surface area contributed by atoms with Crippen LogP contribution in [0.1, 0.15) is 18.3 Å². The lowest BCUT2D eigenvalue weighted by Gasteiger charge is -2.14. The summed E-state index contributed by atoms with van der Waals surface area (Å²) in [5, 5.41) is 4.51. The fourth-order valence-corrected chi connectivity index (χ4v) is 4.46. The molecule has 154 valence electrons. The summed E-state index contributed by atoms with van der Waals surface area (Å²) in [5.74, 6) is 1.30. The molecular formula is C19H21ClN4O3S2. The zero-order chi connectivity index (χ0) is 20.9. The van der Waals surface area contributed by atoms with Crippen molar-refractivity contribution in [3.05, 3.63) is 64.9 Å². The van der Waals surface area contributed by atoms with E-state index in [2.05, 4.69) is 19.4 Å². The summed E-state index contributed by atoms with van der Waals surface area (Å²) in [6, 6.07) is 13.6. The minimum absolute atomic E-state index is 0.167. The number of methoxy groups -OCH3 is 1. The first-order chi connectivity index (χ1) is 13.9. The molecule has 3 rings (SSSR count). The molecule has 2 N–H and O–H groups in total. The van der Waals surface area contributed by atoms with Crippen molar-refractivity contribution >= 4 is 38.3 Å². The third-order valence-corrected chi connectivity index (χ3v) is 6.44. The fraction of sp³-hybridized carbons (Fsp3) is 0.263. The Bertz CT molecular complexity index is 1040. The van der Waals surface area contributed by atoms with Crippen molar-refractivity contribution in [2.75, 3.05) is 19.0 Å². The van der Waals surface area contributed by atoms with E-state index in [0.717, 1.165) is 5.56 Å². The fourth-order valence-electron chi connectivity index (χ4n) is 2.50. The molecule has 0 fully saturated rings. The third-order valence-electron chi connectivity index (χ3n) is 4.06. The number of hydrogen-bond donors (Lipinski definition) is 2. The molecule has 0 aliphatic carbocycles. The van der Waals surface area contributed by atoms with Crippen LogP contribution in [0.25, 0.3) is 0 Å². The van der Waals surface area contributed by atoms with Crippen LogP contribution in [0.2, 0.25) is 5.02 Å². The van der Waals surface area contributed by atoms with E-state index in [4.69, 9.17) is 16.3 Å². The topological polar surface area (TPSA) is 93.2 Å². The number of ether oxygens (including phenoxy) is 1. The van der Waals surface area contributed by atoms with Crippen LogP contribution in [-0.4, -0.2) is 37.5 Å². The van der Waals surface area contributed by atoms with Gasteiger partial charge in [-0.3, -0.25) is 0 Å². The maximum atomic E-state index is 12.4. The molecule has 0 amide bonds. The lowest BCUT2D eigenvalue weighted by atomic mass is 10.1. The van der Waals surface area contributed by atoms with Crippen molar-refractivity contribution in [1.29, 1.82) is 0 Å². The summed E-state index contributed by atoms with van der Waals surface area (Å²) in [4.78, 5) is 4.65. The van der Waals surface area contributed by atoms with Crippen molar-refractivity contribution in [2.45, 2.75) is 24.3 Å². The average molecular weight is 453 g/mol. The molecule has 1 unspecified atom stereocenters. The van der Waals surface area contributed by atoms with E-state index in [1.54, 1.807) is 12.1 Å². The first-order valence-corrected chi connectivity index (χ1v) is 11.5. The highest BCUT2D eigenvalue weighted by Crippen LogP contribution is 2.18. The highest BCUT2D eigenvalue weighted by atomic mass is 35.5. The zero-order valence-corrected chi connectivity index (χ0v) is 18.3. The zero-order valence-electron chi connectivity index (χ0n) is 15.9. The molecule has 0 bridgehead atoms. The summed E-state index contributed by atoms with van der Waals surface area (Å²) in [7, 11) is -2.07. The van der Waals surface area contributed by atoms with Crippen LogP contribution in [0, 0.1) is 0 Å². The molecule has 0 radical (unpaired) electrons. The van der Waals surface area contributed by atoms with Gasteiger partial charge in [-0.25, -0.2) is 18.1 Å². The Morgan fingerprint density at radius 1 is 1.14 bits per heavy atom. The number of rotatable bonds is 9. The number of hydrogen-bond acceptors (Lipinski definition) is 7. The first-order valence-electron chi connectivity index (χ1n) is 8.83. The van der Waals surface area contributed by atoms with E-state index < -0.39 is 10.0 Å². The maximum absolute atomic E-state index is 12.4. The van der Waals surface area contributed by atoms with E-state index in [1.165, 1.54) is 30.8 Å². The van der Waals surface area contributed by atoms with Gasteiger partial charge in [0.1, 0.15) is 11.6 Å². The molecule has 7 nitrogen and oxygen atoms in total.